The monoisotopic (exact) mass is 273 g/mol. The van der Waals surface area contributed by atoms with E-state index in [2.05, 4.69) is 25.7 Å². The molecular weight excluding hydrogens is 255 g/mol. The average molecular weight is 273 g/mol. The van der Waals surface area contributed by atoms with Crippen molar-refractivity contribution in [3.05, 3.63) is 0 Å². The predicted octanol–water partition coefficient (Wildman–Crippen LogP) is 0.614. The summed E-state index contributed by atoms with van der Waals surface area (Å²) in [7, 11) is 0. The van der Waals surface area contributed by atoms with Crippen molar-refractivity contribution in [2.75, 3.05) is 19.6 Å². The fraction of sp³-hybridized carbons (Fsp3) is 1.00. The molecular formula is C6H17BaNO2. The van der Waals surface area contributed by atoms with E-state index in [1.165, 1.54) is 19.6 Å². The summed E-state index contributed by atoms with van der Waals surface area (Å²) in [5.41, 5.74) is 0. The van der Waals surface area contributed by atoms with Crippen molar-refractivity contribution < 1.29 is 11.0 Å². The minimum atomic E-state index is 0. The molecule has 0 amide bonds. The van der Waals surface area contributed by atoms with Crippen LogP contribution in [0.4, 0.5) is 0 Å². The van der Waals surface area contributed by atoms with Crippen molar-refractivity contribution in [3.8, 4) is 0 Å². The third-order valence-electron chi connectivity index (χ3n) is 1.34. The molecule has 0 aliphatic heterocycles. The first-order chi connectivity index (χ1) is 3.35. The van der Waals surface area contributed by atoms with Gasteiger partial charge < -0.3 is 15.9 Å². The zero-order chi connectivity index (χ0) is 5.70. The SMILES string of the molecule is CCN(CC)CC.[Ba+2].[OH-].[OH-]. The van der Waals surface area contributed by atoms with Crippen LogP contribution in [0.25, 0.3) is 0 Å². The van der Waals surface area contributed by atoms with Crippen molar-refractivity contribution in [1.82, 2.24) is 4.90 Å². The summed E-state index contributed by atoms with van der Waals surface area (Å²) in [4.78, 5) is 2.38. The van der Waals surface area contributed by atoms with Crippen molar-refractivity contribution >= 4 is 48.9 Å². The molecule has 0 atom stereocenters. The van der Waals surface area contributed by atoms with E-state index in [4.69, 9.17) is 0 Å². The summed E-state index contributed by atoms with van der Waals surface area (Å²) in [5.74, 6) is 0. The van der Waals surface area contributed by atoms with Gasteiger partial charge >= 0.3 is 48.9 Å². The standard InChI is InChI=1S/C6H15N.Ba.2H2O/c1-4-7(5-2)6-3;;;/h4-6H2,1-3H3;;2*1H2/q;+2;;/p-2. The van der Waals surface area contributed by atoms with Crippen LogP contribution in [-0.2, 0) is 0 Å². The Morgan fingerprint density at radius 3 is 1.00 bits per heavy atom. The average Bonchev–Trinajstić information content (AvgIpc) is 1.72. The Labute approximate surface area is 104 Å². The Balaban J connectivity index is -0.0000000600. The maximum Gasteiger partial charge on any atom is 2.00 e. The molecule has 0 saturated carbocycles. The maximum absolute atomic E-state index is 2.38. The fourth-order valence-electron chi connectivity index (χ4n) is 0.671. The molecule has 0 heterocycles. The van der Waals surface area contributed by atoms with Gasteiger partial charge in [0.05, 0.1) is 0 Å². The maximum atomic E-state index is 2.38. The third kappa shape index (κ3) is 12.2. The van der Waals surface area contributed by atoms with E-state index < -0.39 is 0 Å². The van der Waals surface area contributed by atoms with Crippen LogP contribution in [0, 0.1) is 0 Å². The van der Waals surface area contributed by atoms with Gasteiger partial charge in [-0.3, -0.25) is 0 Å². The molecule has 0 aromatic rings. The van der Waals surface area contributed by atoms with E-state index >= 15 is 0 Å². The van der Waals surface area contributed by atoms with Crippen molar-refractivity contribution in [2.45, 2.75) is 20.8 Å². The molecule has 0 aromatic heterocycles. The Morgan fingerprint density at radius 1 is 0.800 bits per heavy atom. The smallest absolute Gasteiger partial charge is 0.870 e. The van der Waals surface area contributed by atoms with Gasteiger partial charge in [-0.05, 0) is 19.6 Å². The summed E-state index contributed by atoms with van der Waals surface area (Å²) in [6.45, 7) is 10.1. The van der Waals surface area contributed by atoms with Gasteiger partial charge in [-0.2, -0.15) is 0 Å². The summed E-state index contributed by atoms with van der Waals surface area (Å²) >= 11 is 0. The van der Waals surface area contributed by atoms with Crippen LogP contribution in [0.1, 0.15) is 20.8 Å². The van der Waals surface area contributed by atoms with Gasteiger partial charge in [-0.1, -0.05) is 20.8 Å². The van der Waals surface area contributed by atoms with Crippen molar-refractivity contribution in [1.29, 1.82) is 0 Å². The third-order valence-corrected chi connectivity index (χ3v) is 1.34. The fourth-order valence-corrected chi connectivity index (χ4v) is 0.671. The van der Waals surface area contributed by atoms with Gasteiger partial charge in [-0.25, -0.2) is 0 Å². The molecule has 0 bridgehead atoms. The summed E-state index contributed by atoms with van der Waals surface area (Å²) in [6, 6.07) is 0. The summed E-state index contributed by atoms with van der Waals surface area (Å²) in [6.07, 6.45) is 0. The molecule has 0 aliphatic rings. The van der Waals surface area contributed by atoms with E-state index in [0.717, 1.165) is 0 Å². The minimum Gasteiger partial charge on any atom is -0.870 e. The van der Waals surface area contributed by atoms with E-state index in [-0.39, 0.29) is 59.8 Å². The first-order valence-electron chi connectivity index (χ1n) is 3.07. The first kappa shape index (κ1) is 22.5. The second-order valence-corrected chi connectivity index (χ2v) is 1.62. The minimum absolute atomic E-state index is 0. The van der Waals surface area contributed by atoms with Gasteiger partial charge in [0, 0.05) is 0 Å². The molecule has 60 valence electrons. The number of rotatable bonds is 3. The normalized spacial score (nSPS) is 7.20. The number of nitrogens with zero attached hydrogens (tertiary/aromatic N) is 1. The second kappa shape index (κ2) is 16.8. The molecule has 2 N–H and O–H groups in total. The van der Waals surface area contributed by atoms with Crippen molar-refractivity contribution in [2.24, 2.45) is 0 Å². The van der Waals surface area contributed by atoms with E-state index in [1.807, 2.05) is 0 Å². The summed E-state index contributed by atoms with van der Waals surface area (Å²) in [5, 5.41) is 0. The molecule has 0 saturated heterocycles. The van der Waals surface area contributed by atoms with Crippen LogP contribution in [0.2, 0.25) is 0 Å². The Hall–Kier alpha value is 1.45. The van der Waals surface area contributed by atoms with E-state index in [0.29, 0.717) is 0 Å². The second-order valence-electron chi connectivity index (χ2n) is 1.62. The molecule has 0 aliphatic carbocycles. The molecule has 0 rings (SSSR count). The van der Waals surface area contributed by atoms with Crippen LogP contribution in [0.3, 0.4) is 0 Å². The van der Waals surface area contributed by atoms with Crippen LogP contribution in [-0.4, -0.2) is 84.4 Å². The molecule has 0 aromatic carbocycles. The molecule has 0 radical (unpaired) electrons. The Bertz CT molecular complexity index is 37.2. The van der Waals surface area contributed by atoms with Gasteiger partial charge in [0.1, 0.15) is 0 Å². The van der Waals surface area contributed by atoms with Gasteiger partial charge in [0.15, 0.2) is 0 Å². The molecule has 0 fully saturated rings. The molecule has 3 nitrogen and oxygen atoms in total. The zero-order valence-electron chi connectivity index (χ0n) is 7.17. The number of hydrogen-bond donors (Lipinski definition) is 0. The predicted molar refractivity (Wildman–Crippen MR) is 43.1 cm³/mol. The Morgan fingerprint density at radius 2 is 1.00 bits per heavy atom. The quantitative estimate of drug-likeness (QED) is 0.707. The van der Waals surface area contributed by atoms with Gasteiger partial charge in [0.25, 0.3) is 0 Å². The topological polar surface area (TPSA) is 63.2 Å². The zero-order valence-corrected chi connectivity index (χ0v) is 11.6. The van der Waals surface area contributed by atoms with E-state index in [9.17, 15) is 0 Å². The van der Waals surface area contributed by atoms with Crippen LogP contribution in [0.15, 0.2) is 0 Å². The first-order valence-corrected chi connectivity index (χ1v) is 3.07. The molecule has 0 unspecified atom stereocenters. The van der Waals surface area contributed by atoms with Crippen LogP contribution < -0.4 is 0 Å². The van der Waals surface area contributed by atoms with Gasteiger partial charge in [-0.15, -0.1) is 0 Å². The molecule has 4 heteroatoms. The Kier molecular flexibility index (Phi) is 37.9. The largest absolute Gasteiger partial charge is 2.00 e. The van der Waals surface area contributed by atoms with Crippen molar-refractivity contribution in [3.63, 3.8) is 0 Å². The van der Waals surface area contributed by atoms with Gasteiger partial charge in [0.2, 0.25) is 0 Å². The number of hydrogen-bond acceptors (Lipinski definition) is 3. The molecule has 10 heavy (non-hydrogen) atoms. The van der Waals surface area contributed by atoms with Crippen LogP contribution in [0.5, 0.6) is 0 Å². The van der Waals surface area contributed by atoms with Crippen LogP contribution >= 0.6 is 0 Å². The summed E-state index contributed by atoms with van der Waals surface area (Å²) < 4.78 is 0. The molecule has 0 spiro atoms. The van der Waals surface area contributed by atoms with E-state index in [1.54, 1.807) is 0 Å².